The smallest absolute Gasteiger partial charge is 0.231 e. The van der Waals surface area contributed by atoms with Crippen molar-refractivity contribution in [2.45, 2.75) is 19.5 Å². The number of halogens is 1. The van der Waals surface area contributed by atoms with Gasteiger partial charge in [-0.05, 0) is 47.2 Å². The van der Waals surface area contributed by atoms with Crippen LogP contribution in [0.5, 0.6) is 0 Å². The van der Waals surface area contributed by atoms with Gasteiger partial charge in [0.05, 0.1) is 18.3 Å². The lowest BCUT2D eigenvalue weighted by Crippen LogP contribution is -2.44. The van der Waals surface area contributed by atoms with Gasteiger partial charge in [0.2, 0.25) is 12.6 Å². The molecule has 5 heteroatoms. The minimum atomic E-state index is -0.155. The maximum atomic E-state index is 12.1. The number of amides is 1. The average Bonchev–Trinajstić information content (AvgIpc) is 2.45. The van der Waals surface area contributed by atoms with Gasteiger partial charge in [-0.2, -0.15) is 4.57 Å². The van der Waals surface area contributed by atoms with E-state index in [0.29, 0.717) is 6.67 Å². The van der Waals surface area contributed by atoms with Crippen molar-refractivity contribution in [1.82, 2.24) is 10.3 Å². The monoisotopic (exact) mass is 368 g/mol. The van der Waals surface area contributed by atoms with E-state index in [4.69, 9.17) is 0 Å². The SMILES string of the molecule is C[C@@H](C(=O)NC[n+]1ccncc1)c1cccc(I)c1. The van der Waals surface area contributed by atoms with Crippen LogP contribution in [0.25, 0.3) is 0 Å². The van der Waals surface area contributed by atoms with Gasteiger partial charge < -0.3 is 5.32 Å². The molecule has 0 aliphatic heterocycles. The minimum absolute atomic E-state index is 0.0197. The van der Waals surface area contributed by atoms with E-state index < -0.39 is 0 Å². The Labute approximate surface area is 126 Å². The molecule has 0 fully saturated rings. The molecule has 4 nitrogen and oxygen atoms in total. The first-order valence-electron chi connectivity index (χ1n) is 5.99. The Morgan fingerprint density at radius 1 is 1.42 bits per heavy atom. The number of benzene rings is 1. The summed E-state index contributed by atoms with van der Waals surface area (Å²) in [6.45, 7) is 2.37. The molecule has 2 rings (SSSR count). The zero-order valence-electron chi connectivity index (χ0n) is 10.6. The summed E-state index contributed by atoms with van der Waals surface area (Å²) in [7, 11) is 0. The summed E-state index contributed by atoms with van der Waals surface area (Å²) in [6.07, 6.45) is 7.01. The van der Waals surface area contributed by atoms with Crippen LogP contribution in [0.15, 0.2) is 49.1 Å². The standard InChI is InChI=1S/C14H14IN3O/c1-11(12-3-2-4-13(15)9-12)14(19)17-10-18-7-5-16-6-8-18/h2-9,11H,10H2,1H3/p+1/t11-/m1/s1. The van der Waals surface area contributed by atoms with Gasteiger partial charge in [-0.3, -0.25) is 9.78 Å². The highest BCUT2D eigenvalue weighted by atomic mass is 127. The first kappa shape index (κ1) is 13.9. The zero-order valence-corrected chi connectivity index (χ0v) is 12.7. The predicted octanol–water partition coefficient (Wildman–Crippen LogP) is 1.85. The molecule has 0 saturated heterocycles. The fourth-order valence-corrected chi connectivity index (χ4v) is 2.27. The molecule has 1 heterocycles. The second kappa shape index (κ2) is 6.60. The van der Waals surface area contributed by atoms with Gasteiger partial charge >= 0.3 is 0 Å². The van der Waals surface area contributed by atoms with E-state index in [9.17, 15) is 4.79 Å². The van der Waals surface area contributed by atoms with E-state index in [-0.39, 0.29) is 11.8 Å². The first-order valence-corrected chi connectivity index (χ1v) is 7.07. The average molecular weight is 368 g/mol. The van der Waals surface area contributed by atoms with Crippen molar-refractivity contribution in [3.63, 3.8) is 0 Å². The van der Waals surface area contributed by atoms with Crippen molar-refractivity contribution in [3.8, 4) is 0 Å². The number of hydrogen-bond acceptors (Lipinski definition) is 2. The number of carbonyl (C=O) groups is 1. The highest BCUT2D eigenvalue weighted by molar-refractivity contribution is 14.1. The molecule has 98 valence electrons. The summed E-state index contributed by atoms with van der Waals surface area (Å²) in [6, 6.07) is 8.00. The second-order valence-electron chi connectivity index (χ2n) is 4.24. The number of aromatic nitrogens is 2. The number of carbonyl (C=O) groups excluding carboxylic acids is 1. The van der Waals surface area contributed by atoms with Crippen LogP contribution < -0.4 is 9.88 Å². The highest BCUT2D eigenvalue weighted by Crippen LogP contribution is 2.17. The molecule has 2 aromatic rings. The Bertz CT molecular complexity index is 560. The van der Waals surface area contributed by atoms with Gasteiger partial charge in [-0.1, -0.05) is 12.1 Å². The van der Waals surface area contributed by atoms with E-state index in [2.05, 4.69) is 32.9 Å². The summed E-state index contributed by atoms with van der Waals surface area (Å²) in [4.78, 5) is 16.0. The molecule has 0 unspecified atom stereocenters. The summed E-state index contributed by atoms with van der Waals surface area (Å²) in [5, 5.41) is 2.91. The van der Waals surface area contributed by atoms with Crippen LogP contribution in [0.1, 0.15) is 18.4 Å². The predicted molar refractivity (Wildman–Crippen MR) is 80.1 cm³/mol. The molecule has 0 radical (unpaired) electrons. The van der Waals surface area contributed by atoms with Crippen LogP contribution in [0.3, 0.4) is 0 Å². The lowest BCUT2D eigenvalue weighted by atomic mass is 10.0. The van der Waals surface area contributed by atoms with E-state index in [1.165, 1.54) is 0 Å². The Hall–Kier alpha value is -1.50. The molecule has 1 atom stereocenters. The van der Waals surface area contributed by atoms with Crippen molar-refractivity contribution in [1.29, 1.82) is 0 Å². The molecule has 0 aliphatic rings. The van der Waals surface area contributed by atoms with Gasteiger partial charge in [0.15, 0.2) is 12.4 Å². The van der Waals surface area contributed by atoms with Gasteiger partial charge in [0.25, 0.3) is 0 Å². The lowest BCUT2D eigenvalue weighted by molar-refractivity contribution is -0.700. The number of rotatable bonds is 4. The van der Waals surface area contributed by atoms with E-state index in [0.717, 1.165) is 9.13 Å². The molecule has 1 N–H and O–H groups in total. The van der Waals surface area contributed by atoms with E-state index >= 15 is 0 Å². The summed E-state index contributed by atoms with van der Waals surface area (Å²) in [5.74, 6) is -0.136. The van der Waals surface area contributed by atoms with E-state index in [1.54, 1.807) is 12.4 Å². The first-order chi connectivity index (χ1) is 9.16. The molecule has 0 saturated carbocycles. The fourth-order valence-electron chi connectivity index (χ4n) is 1.70. The van der Waals surface area contributed by atoms with E-state index in [1.807, 2.05) is 48.1 Å². The molecule has 0 bridgehead atoms. The van der Waals surface area contributed by atoms with Crippen LogP contribution in [-0.2, 0) is 11.5 Å². The van der Waals surface area contributed by atoms with Crippen LogP contribution in [0.4, 0.5) is 0 Å². The molecule has 0 aliphatic carbocycles. The van der Waals surface area contributed by atoms with Crippen LogP contribution in [-0.4, -0.2) is 10.9 Å². The number of nitrogens with zero attached hydrogens (tertiary/aromatic N) is 2. The molecular formula is C14H15IN3O+. The molecule has 0 spiro atoms. The maximum Gasteiger partial charge on any atom is 0.231 e. The van der Waals surface area contributed by atoms with Crippen LogP contribution >= 0.6 is 22.6 Å². The van der Waals surface area contributed by atoms with Crippen molar-refractivity contribution >= 4 is 28.5 Å². The Morgan fingerprint density at radius 3 is 2.84 bits per heavy atom. The summed E-state index contributed by atoms with van der Waals surface area (Å²) >= 11 is 2.25. The normalized spacial score (nSPS) is 11.9. The van der Waals surface area contributed by atoms with Gasteiger partial charge in [-0.15, -0.1) is 0 Å². The lowest BCUT2D eigenvalue weighted by Gasteiger charge is -2.11. The quantitative estimate of drug-likeness (QED) is 0.662. The fraction of sp³-hybridized carbons (Fsp3) is 0.214. The van der Waals surface area contributed by atoms with Gasteiger partial charge in [-0.25, -0.2) is 0 Å². The third-order valence-corrected chi connectivity index (χ3v) is 3.54. The summed E-state index contributed by atoms with van der Waals surface area (Å²) < 4.78 is 3.00. The second-order valence-corrected chi connectivity index (χ2v) is 5.48. The number of nitrogens with one attached hydrogen (secondary N) is 1. The third kappa shape index (κ3) is 3.99. The number of hydrogen-bond donors (Lipinski definition) is 1. The Morgan fingerprint density at radius 2 is 2.16 bits per heavy atom. The molecular weight excluding hydrogens is 353 g/mol. The minimum Gasteiger partial charge on any atom is -0.300 e. The molecule has 1 aromatic heterocycles. The van der Waals surface area contributed by atoms with Crippen LogP contribution in [0.2, 0.25) is 0 Å². The molecule has 1 aromatic carbocycles. The summed E-state index contributed by atoms with van der Waals surface area (Å²) in [5.41, 5.74) is 1.03. The maximum absolute atomic E-state index is 12.1. The van der Waals surface area contributed by atoms with Crippen molar-refractivity contribution in [2.75, 3.05) is 0 Å². The van der Waals surface area contributed by atoms with Gasteiger partial charge in [0, 0.05) is 3.57 Å². The third-order valence-electron chi connectivity index (χ3n) is 2.87. The Balaban J connectivity index is 1.96. The van der Waals surface area contributed by atoms with Crippen LogP contribution in [0, 0.1) is 3.57 Å². The molecule has 1 amide bonds. The van der Waals surface area contributed by atoms with Crippen molar-refractivity contribution < 1.29 is 9.36 Å². The topological polar surface area (TPSA) is 45.9 Å². The largest absolute Gasteiger partial charge is 0.300 e. The van der Waals surface area contributed by atoms with Gasteiger partial charge in [0.1, 0.15) is 0 Å². The van der Waals surface area contributed by atoms with Crippen molar-refractivity contribution in [3.05, 3.63) is 58.2 Å². The molecule has 19 heavy (non-hydrogen) atoms. The van der Waals surface area contributed by atoms with Crippen molar-refractivity contribution in [2.24, 2.45) is 0 Å². The zero-order chi connectivity index (χ0) is 13.7. The Kier molecular flexibility index (Phi) is 4.84. The highest BCUT2D eigenvalue weighted by Gasteiger charge is 2.16.